The van der Waals surface area contributed by atoms with E-state index in [4.69, 9.17) is 16.3 Å². The fraction of sp³-hybridized carbons (Fsp3) is 0.333. The third kappa shape index (κ3) is 3.63. The number of nitrogens with zero attached hydrogens (tertiary/aromatic N) is 4. The Morgan fingerprint density at radius 1 is 1.28 bits per heavy atom. The van der Waals surface area contributed by atoms with Crippen LogP contribution in [0.4, 0.5) is 0 Å². The number of aromatic nitrogens is 4. The maximum absolute atomic E-state index is 5.84. The van der Waals surface area contributed by atoms with E-state index < -0.39 is 0 Å². The number of rotatable bonds is 4. The van der Waals surface area contributed by atoms with Gasteiger partial charge in [-0.25, -0.2) is 4.98 Å². The van der Waals surface area contributed by atoms with Gasteiger partial charge in [-0.15, -0.1) is 0 Å². The molecule has 0 fully saturated rings. The minimum atomic E-state index is -0.00490. The molecule has 0 atom stereocenters. The third-order valence-electron chi connectivity index (χ3n) is 2.06. The Morgan fingerprint density at radius 2 is 2.11 bits per heavy atom. The average molecular weight is 265 g/mol. The first-order valence-corrected chi connectivity index (χ1v) is 5.97. The topological polar surface area (TPSA) is 60.8 Å². The molecule has 2 aromatic rings. The summed E-state index contributed by atoms with van der Waals surface area (Å²) in [5.74, 6) is 0.568. The number of hydrogen-bond acceptors (Lipinski definition) is 5. The second-order valence-corrected chi connectivity index (χ2v) is 4.35. The van der Waals surface area contributed by atoms with Gasteiger partial charge in [0, 0.05) is 18.8 Å². The molecule has 0 N–H and O–H groups in total. The molecule has 0 aromatic carbocycles. The molecule has 0 spiro atoms. The molecule has 5 nitrogen and oxygen atoms in total. The van der Waals surface area contributed by atoms with Gasteiger partial charge in [0.1, 0.15) is 5.82 Å². The molecule has 0 aliphatic rings. The van der Waals surface area contributed by atoms with Crippen molar-refractivity contribution in [3.63, 3.8) is 0 Å². The summed E-state index contributed by atoms with van der Waals surface area (Å²) in [6, 6.07) is 4.07. The summed E-state index contributed by atoms with van der Waals surface area (Å²) in [5, 5.41) is 0.138. The van der Waals surface area contributed by atoms with Crippen LogP contribution in [0.5, 0.6) is 6.01 Å². The summed E-state index contributed by atoms with van der Waals surface area (Å²) >= 11 is 5.84. The molecular weight excluding hydrogens is 252 g/mol. The zero-order chi connectivity index (χ0) is 13.0. The van der Waals surface area contributed by atoms with E-state index in [1.54, 1.807) is 12.4 Å². The van der Waals surface area contributed by atoms with Crippen LogP contribution in [0, 0.1) is 0 Å². The Balaban J connectivity index is 2.20. The standard InChI is InChI=1S/C12H13ClN4O/c1-8(2)18-12-16-10(15-11(13)17-12)6-9-4-3-5-14-7-9/h3-5,7-8H,6H2,1-2H3. The van der Waals surface area contributed by atoms with E-state index in [1.807, 2.05) is 26.0 Å². The van der Waals surface area contributed by atoms with Crippen molar-refractivity contribution < 1.29 is 4.74 Å². The van der Waals surface area contributed by atoms with E-state index in [1.165, 1.54) is 0 Å². The minimum absolute atomic E-state index is 0.00490. The predicted molar refractivity (Wildman–Crippen MR) is 67.6 cm³/mol. The maximum atomic E-state index is 5.84. The van der Waals surface area contributed by atoms with Gasteiger partial charge < -0.3 is 4.74 Å². The summed E-state index contributed by atoms with van der Waals surface area (Å²) in [6.07, 6.45) is 4.03. The Bertz CT molecular complexity index is 519. The fourth-order valence-corrected chi connectivity index (χ4v) is 1.57. The Labute approximate surface area is 110 Å². The Kier molecular flexibility index (Phi) is 4.04. The summed E-state index contributed by atoms with van der Waals surface area (Å²) in [4.78, 5) is 16.2. The van der Waals surface area contributed by atoms with Crippen molar-refractivity contribution in [1.29, 1.82) is 0 Å². The maximum Gasteiger partial charge on any atom is 0.321 e. The lowest BCUT2D eigenvalue weighted by molar-refractivity contribution is 0.220. The molecule has 0 radical (unpaired) electrons. The van der Waals surface area contributed by atoms with Gasteiger partial charge in [0.25, 0.3) is 0 Å². The van der Waals surface area contributed by atoms with Crippen LogP contribution < -0.4 is 4.74 Å². The van der Waals surface area contributed by atoms with Crippen molar-refractivity contribution in [1.82, 2.24) is 19.9 Å². The second kappa shape index (κ2) is 5.73. The van der Waals surface area contributed by atoms with E-state index in [-0.39, 0.29) is 17.4 Å². The molecule has 2 aromatic heterocycles. The number of ether oxygens (including phenoxy) is 1. The Morgan fingerprint density at radius 3 is 2.78 bits per heavy atom. The molecule has 0 saturated carbocycles. The molecular formula is C12H13ClN4O. The van der Waals surface area contributed by atoms with Crippen molar-refractivity contribution in [3.05, 3.63) is 41.2 Å². The first-order valence-electron chi connectivity index (χ1n) is 5.59. The Hall–Kier alpha value is -1.75. The highest BCUT2D eigenvalue weighted by atomic mass is 35.5. The van der Waals surface area contributed by atoms with Crippen LogP contribution in [0.15, 0.2) is 24.5 Å². The van der Waals surface area contributed by atoms with Gasteiger partial charge in [-0.2, -0.15) is 9.97 Å². The largest absolute Gasteiger partial charge is 0.461 e. The molecule has 0 unspecified atom stereocenters. The molecule has 18 heavy (non-hydrogen) atoms. The van der Waals surface area contributed by atoms with Crippen LogP contribution in [-0.4, -0.2) is 26.0 Å². The van der Waals surface area contributed by atoms with E-state index in [2.05, 4.69) is 19.9 Å². The molecule has 0 aliphatic carbocycles. The molecule has 0 saturated heterocycles. The van der Waals surface area contributed by atoms with Crippen molar-refractivity contribution in [2.75, 3.05) is 0 Å². The van der Waals surface area contributed by atoms with Crippen molar-refractivity contribution in [3.8, 4) is 6.01 Å². The van der Waals surface area contributed by atoms with Crippen LogP contribution in [-0.2, 0) is 6.42 Å². The van der Waals surface area contributed by atoms with Crippen LogP contribution in [0.1, 0.15) is 25.2 Å². The minimum Gasteiger partial charge on any atom is -0.461 e. The van der Waals surface area contributed by atoms with Crippen LogP contribution in [0.25, 0.3) is 0 Å². The van der Waals surface area contributed by atoms with Crippen LogP contribution >= 0.6 is 11.6 Å². The van der Waals surface area contributed by atoms with Gasteiger partial charge in [0.05, 0.1) is 6.10 Å². The second-order valence-electron chi connectivity index (χ2n) is 4.01. The van der Waals surface area contributed by atoms with Gasteiger partial charge in [-0.05, 0) is 37.1 Å². The first-order chi connectivity index (χ1) is 8.63. The summed E-state index contributed by atoms with van der Waals surface area (Å²) in [5.41, 5.74) is 1.01. The number of hydrogen-bond donors (Lipinski definition) is 0. The van der Waals surface area contributed by atoms with E-state index in [0.717, 1.165) is 5.56 Å². The van der Waals surface area contributed by atoms with E-state index in [0.29, 0.717) is 12.2 Å². The summed E-state index contributed by atoms with van der Waals surface area (Å²) in [6.45, 7) is 3.80. The monoisotopic (exact) mass is 264 g/mol. The predicted octanol–water partition coefficient (Wildman–Crippen LogP) is 2.30. The third-order valence-corrected chi connectivity index (χ3v) is 2.23. The highest BCUT2D eigenvalue weighted by Crippen LogP contribution is 2.12. The number of pyridine rings is 1. The summed E-state index contributed by atoms with van der Waals surface area (Å²) < 4.78 is 5.41. The highest BCUT2D eigenvalue weighted by Gasteiger charge is 2.08. The van der Waals surface area contributed by atoms with E-state index >= 15 is 0 Å². The quantitative estimate of drug-likeness (QED) is 0.848. The van der Waals surface area contributed by atoms with Gasteiger partial charge in [0.15, 0.2) is 0 Å². The smallest absolute Gasteiger partial charge is 0.321 e. The molecule has 2 heterocycles. The van der Waals surface area contributed by atoms with Crippen molar-refractivity contribution >= 4 is 11.6 Å². The lowest BCUT2D eigenvalue weighted by Crippen LogP contribution is -2.10. The van der Waals surface area contributed by atoms with Gasteiger partial charge >= 0.3 is 6.01 Å². The lowest BCUT2D eigenvalue weighted by atomic mass is 10.2. The highest BCUT2D eigenvalue weighted by molar-refractivity contribution is 6.28. The average Bonchev–Trinajstić information content (AvgIpc) is 2.28. The van der Waals surface area contributed by atoms with Crippen molar-refractivity contribution in [2.45, 2.75) is 26.4 Å². The SMILES string of the molecule is CC(C)Oc1nc(Cl)nc(Cc2cccnc2)n1. The zero-order valence-corrected chi connectivity index (χ0v) is 10.9. The van der Waals surface area contributed by atoms with Gasteiger partial charge in [-0.1, -0.05) is 6.07 Å². The molecule has 6 heteroatoms. The number of halogens is 1. The van der Waals surface area contributed by atoms with Gasteiger partial charge in [0.2, 0.25) is 5.28 Å². The van der Waals surface area contributed by atoms with E-state index in [9.17, 15) is 0 Å². The summed E-state index contributed by atoms with van der Waals surface area (Å²) in [7, 11) is 0. The van der Waals surface area contributed by atoms with Gasteiger partial charge in [-0.3, -0.25) is 4.98 Å². The first kappa shape index (κ1) is 12.7. The zero-order valence-electron chi connectivity index (χ0n) is 10.2. The van der Waals surface area contributed by atoms with Crippen LogP contribution in [0.3, 0.4) is 0 Å². The molecule has 0 aliphatic heterocycles. The lowest BCUT2D eigenvalue weighted by Gasteiger charge is -2.08. The fourth-order valence-electron chi connectivity index (χ4n) is 1.40. The molecule has 0 amide bonds. The van der Waals surface area contributed by atoms with Crippen molar-refractivity contribution in [2.24, 2.45) is 0 Å². The molecule has 0 bridgehead atoms. The normalized spacial score (nSPS) is 10.7. The molecule has 2 rings (SSSR count). The van der Waals surface area contributed by atoms with Crippen LogP contribution in [0.2, 0.25) is 5.28 Å². The molecule has 94 valence electrons.